The van der Waals surface area contributed by atoms with Crippen molar-refractivity contribution in [3.8, 4) is 0 Å². The Morgan fingerprint density at radius 1 is 1.59 bits per heavy atom. The van der Waals surface area contributed by atoms with Crippen LogP contribution in [0.3, 0.4) is 0 Å². The first-order valence-electron chi connectivity index (χ1n) is 5.27. The zero-order chi connectivity index (χ0) is 13.1. The van der Waals surface area contributed by atoms with Gasteiger partial charge in [-0.05, 0) is 13.5 Å². The van der Waals surface area contributed by atoms with Gasteiger partial charge in [-0.15, -0.1) is 0 Å². The van der Waals surface area contributed by atoms with Crippen LogP contribution in [0.25, 0.3) is 0 Å². The molecule has 1 aliphatic heterocycles. The first kappa shape index (κ1) is 13.9. The van der Waals surface area contributed by atoms with Gasteiger partial charge in [-0.1, -0.05) is 0 Å². The van der Waals surface area contributed by atoms with Gasteiger partial charge in [0, 0.05) is 19.5 Å². The Morgan fingerprint density at radius 2 is 2.24 bits per heavy atom. The Labute approximate surface area is 99.8 Å². The summed E-state index contributed by atoms with van der Waals surface area (Å²) in [5, 5.41) is 8.85. The predicted molar refractivity (Wildman–Crippen MR) is 59.8 cm³/mol. The average Bonchev–Trinajstić information content (AvgIpc) is 2.27. The van der Waals surface area contributed by atoms with Gasteiger partial charge in [0.1, 0.15) is 0 Å². The Hall–Kier alpha value is -1.15. The minimum absolute atomic E-state index is 0.0335. The lowest BCUT2D eigenvalue weighted by Gasteiger charge is -2.30. The molecule has 2 N–H and O–H groups in total. The number of carboxylic acid groups (broad SMARTS) is 1. The van der Waals surface area contributed by atoms with Gasteiger partial charge in [0.15, 0.2) is 0 Å². The number of hydrogen-bond donors (Lipinski definition) is 2. The number of carbonyl (C=O) groups is 2. The molecular weight excluding hydrogens is 248 g/mol. The summed E-state index contributed by atoms with van der Waals surface area (Å²) in [5.74, 6) is -1.93. The van der Waals surface area contributed by atoms with Crippen molar-refractivity contribution in [2.75, 3.05) is 25.9 Å². The fourth-order valence-electron chi connectivity index (χ4n) is 1.66. The highest BCUT2D eigenvalue weighted by Crippen LogP contribution is 2.17. The molecule has 0 saturated carbocycles. The molecule has 0 radical (unpaired) electrons. The molecule has 1 rings (SSSR count). The maximum Gasteiger partial charge on any atom is 0.308 e. The van der Waals surface area contributed by atoms with Crippen LogP contribution >= 0.6 is 0 Å². The van der Waals surface area contributed by atoms with Gasteiger partial charge in [-0.25, -0.2) is 13.1 Å². The van der Waals surface area contributed by atoms with Crippen LogP contribution in [0.5, 0.6) is 0 Å². The van der Waals surface area contributed by atoms with E-state index in [-0.39, 0.29) is 31.2 Å². The van der Waals surface area contributed by atoms with Crippen molar-refractivity contribution >= 4 is 21.9 Å². The number of nitrogens with one attached hydrogen (secondary N) is 1. The summed E-state index contributed by atoms with van der Waals surface area (Å²) < 4.78 is 24.5. The monoisotopic (exact) mass is 264 g/mol. The quantitative estimate of drug-likeness (QED) is 0.653. The van der Waals surface area contributed by atoms with Gasteiger partial charge in [-0.3, -0.25) is 9.59 Å². The molecule has 0 aliphatic carbocycles. The summed E-state index contributed by atoms with van der Waals surface area (Å²) in [6.45, 7) is 0.124. The van der Waals surface area contributed by atoms with Crippen molar-refractivity contribution in [1.82, 2.24) is 9.62 Å². The molecule has 17 heavy (non-hydrogen) atoms. The van der Waals surface area contributed by atoms with Crippen molar-refractivity contribution < 1.29 is 23.1 Å². The van der Waals surface area contributed by atoms with E-state index in [4.69, 9.17) is 5.11 Å². The molecule has 1 saturated heterocycles. The van der Waals surface area contributed by atoms with E-state index in [1.54, 1.807) is 0 Å². The minimum atomic E-state index is -3.37. The second-order valence-electron chi connectivity index (χ2n) is 3.94. The fourth-order valence-corrected chi connectivity index (χ4v) is 2.33. The fraction of sp³-hybridized carbons (Fsp3) is 0.778. The van der Waals surface area contributed by atoms with Crippen LogP contribution in [0.15, 0.2) is 0 Å². The number of carbonyl (C=O) groups excluding carboxylic acids is 1. The van der Waals surface area contributed by atoms with Crippen molar-refractivity contribution in [3.05, 3.63) is 0 Å². The first-order valence-corrected chi connectivity index (χ1v) is 6.93. The van der Waals surface area contributed by atoms with Crippen LogP contribution in [0, 0.1) is 5.92 Å². The molecule has 1 amide bonds. The maximum absolute atomic E-state index is 11.5. The van der Waals surface area contributed by atoms with Crippen molar-refractivity contribution in [3.63, 3.8) is 0 Å². The Morgan fingerprint density at radius 3 is 2.76 bits per heavy atom. The molecule has 7 nitrogen and oxygen atoms in total. The topological polar surface area (TPSA) is 104 Å². The summed E-state index contributed by atoms with van der Waals surface area (Å²) in [5.41, 5.74) is 0. The van der Waals surface area contributed by atoms with E-state index in [0.29, 0.717) is 6.42 Å². The number of nitrogens with zero attached hydrogens (tertiary/aromatic N) is 1. The third-order valence-electron chi connectivity index (χ3n) is 2.79. The number of likely N-dealkylation sites (tertiary alicyclic amines) is 1. The standard InChI is InChI=1S/C9H16N2O5S/c1-10-17(15,16)5-4-11-6-7(9(13)14)2-3-8(11)12/h7,10H,2-6H2,1H3,(H,13,14). The van der Waals surface area contributed by atoms with E-state index in [1.807, 2.05) is 0 Å². The molecule has 98 valence electrons. The van der Waals surface area contributed by atoms with E-state index < -0.39 is 21.9 Å². The van der Waals surface area contributed by atoms with Crippen LogP contribution in [0.2, 0.25) is 0 Å². The second kappa shape index (κ2) is 5.46. The highest BCUT2D eigenvalue weighted by atomic mass is 32.2. The first-order chi connectivity index (χ1) is 7.85. The van der Waals surface area contributed by atoms with Crippen LogP contribution < -0.4 is 4.72 Å². The molecule has 1 unspecified atom stereocenters. The number of piperidine rings is 1. The molecule has 0 aromatic rings. The number of amides is 1. The summed E-state index contributed by atoms with van der Waals surface area (Å²) in [4.78, 5) is 23.6. The van der Waals surface area contributed by atoms with E-state index in [1.165, 1.54) is 11.9 Å². The predicted octanol–water partition coefficient (Wildman–Crippen LogP) is -1.14. The summed E-state index contributed by atoms with van der Waals surface area (Å²) >= 11 is 0. The van der Waals surface area contributed by atoms with E-state index >= 15 is 0 Å². The average molecular weight is 264 g/mol. The van der Waals surface area contributed by atoms with Gasteiger partial charge in [0.25, 0.3) is 0 Å². The van der Waals surface area contributed by atoms with Gasteiger partial charge in [0.2, 0.25) is 15.9 Å². The summed E-state index contributed by atoms with van der Waals surface area (Å²) in [6.07, 6.45) is 0.486. The number of carboxylic acids is 1. The van der Waals surface area contributed by atoms with Crippen LogP contribution in [0.1, 0.15) is 12.8 Å². The molecule has 1 atom stereocenters. The maximum atomic E-state index is 11.5. The third-order valence-corrected chi connectivity index (χ3v) is 4.13. The van der Waals surface area contributed by atoms with Gasteiger partial charge in [-0.2, -0.15) is 0 Å². The van der Waals surface area contributed by atoms with E-state index in [2.05, 4.69) is 4.72 Å². The molecule has 0 bridgehead atoms. The molecule has 0 spiro atoms. The normalized spacial score (nSPS) is 21.6. The largest absolute Gasteiger partial charge is 0.481 e. The van der Waals surface area contributed by atoms with Crippen LogP contribution in [-0.2, 0) is 19.6 Å². The number of hydrogen-bond acceptors (Lipinski definition) is 4. The smallest absolute Gasteiger partial charge is 0.308 e. The van der Waals surface area contributed by atoms with Gasteiger partial charge >= 0.3 is 5.97 Å². The lowest BCUT2D eigenvalue weighted by atomic mass is 9.98. The number of rotatable bonds is 5. The Bertz CT molecular complexity index is 406. The highest BCUT2D eigenvalue weighted by molar-refractivity contribution is 7.89. The summed E-state index contributed by atoms with van der Waals surface area (Å²) in [6, 6.07) is 0. The van der Waals surface area contributed by atoms with Crippen LogP contribution in [-0.4, -0.2) is 56.2 Å². The molecule has 1 aliphatic rings. The van der Waals surface area contributed by atoms with Crippen LogP contribution in [0.4, 0.5) is 0 Å². The number of sulfonamides is 1. The summed E-state index contributed by atoms with van der Waals surface area (Å²) in [7, 11) is -2.07. The minimum Gasteiger partial charge on any atom is -0.481 e. The zero-order valence-corrected chi connectivity index (χ0v) is 10.4. The SMILES string of the molecule is CNS(=O)(=O)CCN1CC(C(=O)O)CCC1=O. The third kappa shape index (κ3) is 3.97. The lowest BCUT2D eigenvalue weighted by Crippen LogP contribution is -2.45. The van der Waals surface area contributed by atoms with Crippen molar-refractivity contribution in [2.24, 2.45) is 5.92 Å². The molecular formula is C9H16N2O5S. The van der Waals surface area contributed by atoms with E-state index in [0.717, 1.165) is 0 Å². The molecule has 8 heteroatoms. The van der Waals surface area contributed by atoms with Crippen molar-refractivity contribution in [2.45, 2.75) is 12.8 Å². The zero-order valence-electron chi connectivity index (χ0n) is 9.55. The molecule has 0 aromatic carbocycles. The van der Waals surface area contributed by atoms with Crippen molar-refractivity contribution in [1.29, 1.82) is 0 Å². The Kier molecular flexibility index (Phi) is 4.47. The Balaban J connectivity index is 2.57. The molecule has 1 fully saturated rings. The lowest BCUT2D eigenvalue weighted by molar-refractivity contribution is -0.147. The van der Waals surface area contributed by atoms with Gasteiger partial charge in [0.05, 0.1) is 11.7 Å². The van der Waals surface area contributed by atoms with E-state index in [9.17, 15) is 18.0 Å². The molecule has 0 aromatic heterocycles. The molecule has 1 heterocycles. The van der Waals surface area contributed by atoms with Gasteiger partial charge < -0.3 is 10.0 Å². The number of aliphatic carboxylic acids is 1. The second-order valence-corrected chi connectivity index (χ2v) is 5.98. The highest BCUT2D eigenvalue weighted by Gasteiger charge is 2.30.